The maximum Gasteiger partial charge on any atom is 0.288 e. The van der Waals surface area contributed by atoms with E-state index in [0.29, 0.717) is 6.42 Å². The van der Waals surface area contributed by atoms with Gasteiger partial charge in [0.05, 0.1) is 5.25 Å². The standard InChI is InChI=1S/C11H15ClN2O3S/c1-8(4-5-12)18(16,17)10-11(15)14(7-6-13-10)9-2-3-9/h6-9H,2-5H2,1H3. The summed E-state index contributed by atoms with van der Waals surface area (Å²) in [6.07, 6.45) is 5.07. The first kappa shape index (κ1) is 13.5. The van der Waals surface area contributed by atoms with Crippen molar-refractivity contribution in [3.63, 3.8) is 0 Å². The molecule has 0 saturated heterocycles. The van der Waals surface area contributed by atoms with E-state index in [2.05, 4.69) is 4.98 Å². The Hall–Kier alpha value is -0.880. The van der Waals surface area contributed by atoms with Crippen LogP contribution in [-0.4, -0.2) is 29.1 Å². The van der Waals surface area contributed by atoms with Gasteiger partial charge in [0.15, 0.2) is 0 Å². The average molecular weight is 291 g/mol. The zero-order chi connectivity index (χ0) is 13.3. The van der Waals surface area contributed by atoms with E-state index in [4.69, 9.17) is 11.6 Å². The van der Waals surface area contributed by atoms with Crippen LogP contribution in [-0.2, 0) is 9.84 Å². The van der Waals surface area contributed by atoms with Crippen LogP contribution in [0, 0.1) is 0 Å². The molecule has 5 nitrogen and oxygen atoms in total. The molecular weight excluding hydrogens is 276 g/mol. The fourth-order valence-corrected chi connectivity index (χ4v) is 3.56. The fourth-order valence-electron chi connectivity index (χ4n) is 1.74. The Labute approximate surface area is 111 Å². The van der Waals surface area contributed by atoms with Gasteiger partial charge in [-0.2, -0.15) is 0 Å². The second kappa shape index (κ2) is 5.01. The Morgan fingerprint density at radius 3 is 2.78 bits per heavy atom. The molecular formula is C11H15ClN2O3S. The molecule has 0 aromatic carbocycles. The lowest BCUT2D eigenvalue weighted by molar-refractivity contribution is 0.569. The maximum absolute atomic E-state index is 12.2. The summed E-state index contributed by atoms with van der Waals surface area (Å²) in [5.74, 6) is 0.240. The lowest BCUT2D eigenvalue weighted by atomic mass is 10.4. The van der Waals surface area contributed by atoms with Crippen molar-refractivity contribution in [1.29, 1.82) is 0 Å². The third kappa shape index (κ3) is 2.44. The monoisotopic (exact) mass is 290 g/mol. The molecule has 1 atom stereocenters. The first-order chi connectivity index (χ1) is 8.48. The van der Waals surface area contributed by atoms with Crippen LogP contribution < -0.4 is 5.56 Å². The molecule has 0 bridgehead atoms. The Balaban J connectivity index is 2.45. The van der Waals surface area contributed by atoms with Crippen molar-refractivity contribution in [1.82, 2.24) is 9.55 Å². The third-order valence-corrected chi connectivity index (χ3v) is 5.42. The lowest BCUT2D eigenvalue weighted by Crippen LogP contribution is -2.31. The molecule has 1 aromatic heterocycles. The minimum absolute atomic E-state index is 0.137. The van der Waals surface area contributed by atoms with Gasteiger partial charge in [-0.1, -0.05) is 0 Å². The summed E-state index contributed by atoms with van der Waals surface area (Å²) in [4.78, 5) is 15.9. The Morgan fingerprint density at radius 1 is 1.56 bits per heavy atom. The molecule has 100 valence electrons. The number of hydrogen-bond acceptors (Lipinski definition) is 4. The smallest absolute Gasteiger partial charge is 0.288 e. The van der Waals surface area contributed by atoms with Crippen LogP contribution >= 0.6 is 11.6 Å². The Morgan fingerprint density at radius 2 is 2.22 bits per heavy atom. The van der Waals surface area contributed by atoms with Crippen LogP contribution in [0.25, 0.3) is 0 Å². The molecule has 0 aliphatic heterocycles. The molecule has 1 aliphatic rings. The molecule has 18 heavy (non-hydrogen) atoms. The topological polar surface area (TPSA) is 69.0 Å². The minimum Gasteiger partial charge on any atom is -0.308 e. The van der Waals surface area contributed by atoms with Crippen molar-refractivity contribution in [2.24, 2.45) is 0 Å². The maximum atomic E-state index is 12.2. The largest absolute Gasteiger partial charge is 0.308 e. The van der Waals surface area contributed by atoms with E-state index < -0.39 is 20.6 Å². The van der Waals surface area contributed by atoms with Crippen LogP contribution in [0.15, 0.2) is 22.2 Å². The third-order valence-electron chi connectivity index (χ3n) is 3.09. The predicted octanol–water partition coefficient (Wildman–Crippen LogP) is 1.37. The Bertz CT molecular complexity index is 593. The van der Waals surface area contributed by atoms with Gasteiger partial charge < -0.3 is 4.57 Å². The van der Waals surface area contributed by atoms with E-state index in [1.807, 2.05) is 0 Å². The zero-order valence-corrected chi connectivity index (χ0v) is 11.6. The minimum atomic E-state index is -3.69. The average Bonchev–Trinajstić information content (AvgIpc) is 3.13. The van der Waals surface area contributed by atoms with Gasteiger partial charge in [0, 0.05) is 24.3 Å². The van der Waals surface area contributed by atoms with Gasteiger partial charge in [0.2, 0.25) is 14.9 Å². The summed E-state index contributed by atoms with van der Waals surface area (Å²) in [5, 5.41) is -1.04. The number of aromatic nitrogens is 2. The SMILES string of the molecule is CC(CCCl)S(=O)(=O)c1nccn(C2CC2)c1=O. The molecule has 1 heterocycles. The highest BCUT2D eigenvalue weighted by Gasteiger charge is 2.31. The van der Waals surface area contributed by atoms with Crippen molar-refractivity contribution >= 4 is 21.4 Å². The van der Waals surface area contributed by atoms with Crippen molar-refractivity contribution in [2.75, 3.05) is 5.88 Å². The zero-order valence-electron chi connectivity index (χ0n) is 10.0. The molecule has 1 aromatic rings. The van der Waals surface area contributed by atoms with E-state index in [0.717, 1.165) is 12.8 Å². The first-order valence-electron chi connectivity index (χ1n) is 5.85. The van der Waals surface area contributed by atoms with E-state index >= 15 is 0 Å². The van der Waals surface area contributed by atoms with Gasteiger partial charge in [0.25, 0.3) is 5.56 Å². The van der Waals surface area contributed by atoms with Gasteiger partial charge >= 0.3 is 0 Å². The quantitative estimate of drug-likeness (QED) is 0.768. The number of nitrogens with zero attached hydrogens (tertiary/aromatic N) is 2. The number of alkyl halides is 1. The summed E-state index contributed by atoms with van der Waals surface area (Å²) >= 11 is 5.55. The summed E-state index contributed by atoms with van der Waals surface area (Å²) < 4.78 is 25.9. The molecule has 1 unspecified atom stereocenters. The van der Waals surface area contributed by atoms with E-state index in [9.17, 15) is 13.2 Å². The summed E-state index contributed by atoms with van der Waals surface area (Å²) in [6.45, 7) is 1.55. The number of sulfone groups is 1. The molecule has 1 saturated carbocycles. The highest BCUT2D eigenvalue weighted by molar-refractivity contribution is 7.91. The van der Waals surface area contributed by atoms with Crippen molar-refractivity contribution < 1.29 is 8.42 Å². The number of halogens is 1. The van der Waals surface area contributed by atoms with Crippen LogP contribution in [0.2, 0.25) is 0 Å². The summed E-state index contributed by atoms with van der Waals surface area (Å²) in [7, 11) is -3.69. The van der Waals surface area contributed by atoms with Crippen LogP contribution in [0.3, 0.4) is 0 Å². The first-order valence-corrected chi connectivity index (χ1v) is 7.93. The molecule has 0 radical (unpaired) electrons. The highest BCUT2D eigenvalue weighted by Crippen LogP contribution is 2.33. The van der Waals surface area contributed by atoms with Gasteiger partial charge in [-0.05, 0) is 26.2 Å². The molecule has 0 spiro atoms. The lowest BCUT2D eigenvalue weighted by Gasteiger charge is -2.11. The highest BCUT2D eigenvalue weighted by atomic mass is 35.5. The molecule has 1 aliphatic carbocycles. The van der Waals surface area contributed by atoms with E-state index in [1.165, 1.54) is 10.8 Å². The van der Waals surface area contributed by atoms with Crippen LogP contribution in [0.5, 0.6) is 0 Å². The normalized spacial score (nSPS) is 17.7. The summed E-state index contributed by atoms with van der Waals surface area (Å²) in [5.41, 5.74) is -0.513. The number of hydrogen-bond donors (Lipinski definition) is 0. The Kier molecular flexibility index (Phi) is 3.77. The van der Waals surface area contributed by atoms with Gasteiger partial charge in [-0.3, -0.25) is 4.79 Å². The van der Waals surface area contributed by atoms with Crippen LogP contribution in [0.4, 0.5) is 0 Å². The number of rotatable bonds is 5. The molecule has 0 amide bonds. The molecule has 2 rings (SSSR count). The van der Waals surface area contributed by atoms with E-state index in [-0.39, 0.29) is 16.9 Å². The van der Waals surface area contributed by atoms with Gasteiger partial charge in [-0.15, -0.1) is 11.6 Å². The van der Waals surface area contributed by atoms with E-state index in [1.54, 1.807) is 13.1 Å². The van der Waals surface area contributed by atoms with Crippen molar-refractivity contribution in [3.8, 4) is 0 Å². The van der Waals surface area contributed by atoms with Crippen LogP contribution in [0.1, 0.15) is 32.2 Å². The molecule has 7 heteroatoms. The van der Waals surface area contributed by atoms with Crippen molar-refractivity contribution in [2.45, 2.75) is 42.5 Å². The second-order valence-electron chi connectivity index (χ2n) is 4.51. The summed E-state index contributed by atoms with van der Waals surface area (Å²) in [6, 6.07) is 0.137. The van der Waals surface area contributed by atoms with Gasteiger partial charge in [-0.25, -0.2) is 13.4 Å². The van der Waals surface area contributed by atoms with Gasteiger partial charge in [0.1, 0.15) is 0 Å². The molecule has 1 fully saturated rings. The van der Waals surface area contributed by atoms with Crippen molar-refractivity contribution in [3.05, 3.63) is 22.7 Å². The fraction of sp³-hybridized carbons (Fsp3) is 0.636. The second-order valence-corrected chi connectivity index (χ2v) is 7.17. The molecule has 0 N–H and O–H groups in total. The predicted molar refractivity (Wildman–Crippen MR) is 68.8 cm³/mol.